The van der Waals surface area contributed by atoms with E-state index in [1.165, 1.54) is 12.4 Å². The third-order valence-electron chi connectivity index (χ3n) is 6.52. The Hall–Kier alpha value is -4.93. The number of amides is 3. The summed E-state index contributed by atoms with van der Waals surface area (Å²) in [5.41, 5.74) is 8.97. The Morgan fingerprint density at radius 3 is 2.71 bits per heavy atom. The van der Waals surface area contributed by atoms with E-state index in [2.05, 4.69) is 26.5 Å². The van der Waals surface area contributed by atoms with E-state index < -0.39 is 24.8 Å². The monoisotopic (exact) mass is 567 g/mol. The van der Waals surface area contributed by atoms with Crippen molar-refractivity contribution in [3.05, 3.63) is 54.5 Å². The maximum absolute atomic E-state index is 12.8. The van der Waals surface area contributed by atoms with Gasteiger partial charge in [0, 0.05) is 53.8 Å². The molecule has 1 fully saturated rings. The Labute approximate surface area is 233 Å². The zero-order valence-electron chi connectivity index (χ0n) is 22.1. The molecule has 3 heterocycles. The third kappa shape index (κ3) is 7.38. The predicted molar refractivity (Wildman–Crippen MR) is 147 cm³/mol. The van der Waals surface area contributed by atoms with Crippen molar-refractivity contribution in [1.29, 1.82) is 5.26 Å². The maximum Gasteiger partial charge on any atom is 0.405 e. The molecule has 1 aliphatic rings. The van der Waals surface area contributed by atoms with Crippen LogP contribution in [0.2, 0.25) is 0 Å². The molecule has 4 N–H and O–H groups in total. The molecule has 0 bridgehead atoms. The third-order valence-corrected chi connectivity index (χ3v) is 6.52. The molecule has 0 spiro atoms. The number of halogens is 3. The molecule has 1 aromatic carbocycles. The van der Waals surface area contributed by atoms with Crippen LogP contribution in [0.15, 0.2) is 53.9 Å². The zero-order valence-corrected chi connectivity index (χ0v) is 22.1. The number of nitrogens with zero attached hydrogens (tertiary/aromatic N) is 6. The van der Waals surface area contributed by atoms with Gasteiger partial charge >= 0.3 is 12.2 Å². The average molecular weight is 568 g/mol. The Morgan fingerprint density at radius 1 is 1.27 bits per heavy atom. The van der Waals surface area contributed by atoms with Crippen molar-refractivity contribution in [3.63, 3.8) is 0 Å². The number of nitrogens with two attached hydrogens (primary N) is 1. The van der Waals surface area contributed by atoms with Crippen molar-refractivity contribution >= 4 is 35.1 Å². The number of rotatable bonds is 7. The number of fused-ring (bicyclic) bond motifs is 1. The van der Waals surface area contributed by atoms with Crippen molar-refractivity contribution in [1.82, 2.24) is 24.8 Å². The lowest BCUT2D eigenvalue weighted by Gasteiger charge is -2.30. The van der Waals surface area contributed by atoms with E-state index in [1.807, 2.05) is 0 Å². The number of alkyl halides is 3. The van der Waals surface area contributed by atoms with Gasteiger partial charge in [0.2, 0.25) is 5.91 Å². The summed E-state index contributed by atoms with van der Waals surface area (Å²) in [5, 5.41) is 17.6. The van der Waals surface area contributed by atoms with Gasteiger partial charge in [-0.05, 0) is 38.0 Å². The van der Waals surface area contributed by atoms with E-state index in [1.54, 1.807) is 64.4 Å². The summed E-state index contributed by atoms with van der Waals surface area (Å²) in [6.07, 6.45) is 2.80. The highest BCUT2D eigenvalue weighted by molar-refractivity contribution is 6.10. The number of allylic oxidation sites excluding steroid dienone is 1. The van der Waals surface area contributed by atoms with E-state index in [0.29, 0.717) is 54.0 Å². The van der Waals surface area contributed by atoms with Gasteiger partial charge in [0.25, 0.3) is 0 Å². The molecule has 1 saturated heterocycles. The molecule has 214 valence electrons. The maximum atomic E-state index is 12.8. The molecule has 41 heavy (non-hydrogen) atoms. The summed E-state index contributed by atoms with van der Waals surface area (Å²) >= 11 is 0. The fourth-order valence-electron chi connectivity index (χ4n) is 4.31. The number of carbonyl (C=O) groups is 2. The smallest absolute Gasteiger partial charge is 0.404 e. The topological polar surface area (TPSA) is 154 Å². The number of imidazole rings is 1. The number of nitriles is 1. The van der Waals surface area contributed by atoms with E-state index in [4.69, 9.17) is 11.0 Å². The normalized spacial score (nSPS) is 15.6. The Bertz CT molecular complexity index is 1520. The highest BCUT2D eigenvalue weighted by Crippen LogP contribution is 2.25. The van der Waals surface area contributed by atoms with Crippen molar-refractivity contribution in [3.8, 4) is 17.3 Å². The molecule has 2 aromatic heterocycles. The molecular weight excluding hydrogens is 539 g/mol. The predicted octanol–water partition coefficient (Wildman–Crippen LogP) is 3.60. The number of carbonyl (C=O) groups excluding carboxylic acids is 2. The first-order chi connectivity index (χ1) is 19.6. The molecule has 4 rings (SSSR count). The number of likely N-dealkylation sites (tertiary alicyclic amines) is 1. The minimum absolute atomic E-state index is 0.0195. The number of anilines is 1. The van der Waals surface area contributed by atoms with Crippen LogP contribution >= 0.6 is 0 Å². The van der Waals surface area contributed by atoms with Gasteiger partial charge in [-0.2, -0.15) is 23.5 Å². The van der Waals surface area contributed by atoms with Gasteiger partial charge in [-0.15, -0.1) is 0 Å². The highest BCUT2D eigenvalue weighted by atomic mass is 19.4. The summed E-state index contributed by atoms with van der Waals surface area (Å²) in [4.78, 5) is 35.1. The molecule has 3 aromatic rings. The first-order valence-corrected chi connectivity index (χ1v) is 12.8. The van der Waals surface area contributed by atoms with Gasteiger partial charge in [-0.1, -0.05) is 12.1 Å². The van der Waals surface area contributed by atoms with E-state index in [9.17, 15) is 22.8 Å². The number of piperidine rings is 1. The Kier molecular flexibility index (Phi) is 8.86. The minimum Gasteiger partial charge on any atom is -0.404 e. The van der Waals surface area contributed by atoms with Crippen molar-refractivity contribution in [2.75, 3.05) is 25.0 Å². The van der Waals surface area contributed by atoms with Gasteiger partial charge in [0.15, 0.2) is 5.65 Å². The van der Waals surface area contributed by atoms with Crippen LogP contribution in [-0.4, -0.2) is 69.5 Å². The molecule has 0 radical (unpaired) electrons. The lowest BCUT2D eigenvalue weighted by atomic mass is 9.98. The van der Waals surface area contributed by atoms with Crippen LogP contribution < -0.4 is 16.4 Å². The molecule has 0 saturated carbocycles. The number of nitrogens with one attached hydrogen (secondary N) is 2. The van der Waals surface area contributed by atoms with Crippen LogP contribution in [0.4, 0.5) is 23.7 Å². The number of aliphatic imine (C=N–C) groups is 1. The van der Waals surface area contributed by atoms with Crippen LogP contribution in [0.5, 0.6) is 0 Å². The first-order valence-electron chi connectivity index (χ1n) is 12.8. The van der Waals surface area contributed by atoms with Gasteiger partial charge < -0.3 is 21.3 Å². The highest BCUT2D eigenvalue weighted by Gasteiger charge is 2.28. The second-order valence-corrected chi connectivity index (χ2v) is 9.47. The average Bonchev–Trinajstić information content (AvgIpc) is 3.39. The quantitative estimate of drug-likeness (QED) is 0.371. The van der Waals surface area contributed by atoms with Crippen LogP contribution in [0.25, 0.3) is 22.5 Å². The lowest BCUT2D eigenvalue weighted by Crippen LogP contribution is -2.42. The van der Waals surface area contributed by atoms with Crippen LogP contribution in [0.1, 0.15) is 25.3 Å². The Balaban J connectivity index is 1.45. The summed E-state index contributed by atoms with van der Waals surface area (Å²) in [7, 11) is 0. The summed E-state index contributed by atoms with van der Waals surface area (Å²) < 4.78 is 38.6. The van der Waals surface area contributed by atoms with E-state index >= 15 is 0 Å². The van der Waals surface area contributed by atoms with Crippen LogP contribution in [0.3, 0.4) is 0 Å². The van der Waals surface area contributed by atoms with Gasteiger partial charge in [0.05, 0.1) is 24.2 Å². The summed E-state index contributed by atoms with van der Waals surface area (Å²) in [6.45, 7) is 1.32. The molecular formula is C27H28F3N9O2. The lowest BCUT2D eigenvalue weighted by molar-refractivity contribution is -0.133. The van der Waals surface area contributed by atoms with E-state index in [0.717, 1.165) is 0 Å². The molecule has 0 aliphatic carbocycles. The summed E-state index contributed by atoms with van der Waals surface area (Å²) in [5.74, 6) is -0.135. The second kappa shape index (κ2) is 12.5. The molecule has 14 heteroatoms. The first kappa shape index (κ1) is 29.1. The van der Waals surface area contributed by atoms with Crippen molar-refractivity contribution in [2.24, 2.45) is 16.6 Å². The Morgan fingerprint density at radius 2 is 2.02 bits per heavy atom. The van der Waals surface area contributed by atoms with Gasteiger partial charge in [-0.25, -0.2) is 14.3 Å². The molecule has 11 nitrogen and oxygen atoms in total. The van der Waals surface area contributed by atoms with Crippen molar-refractivity contribution in [2.45, 2.75) is 32.0 Å². The molecule has 1 unspecified atom stereocenters. The standard InChI is InChI=1S/C27H28F3N9O2/c1-17(25(40)38-7-5-18(11-31)6-8-38)33-13-21(12-32)20-10-24-34-15-23(39(24)36-14-20)19-3-2-4-22(9-19)37-26(41)35-16-27(28,29)30/h2-4,9-10,12-15,17-18H,5-8,16,32H2,1H3,(H2,35,37,41). The van der Waals surface area contributed by atoms with Gasteiger partial charge in [0.1, 0.15) is 12.6 Å². The molecule has 1 atom stereocenters. The van der Waals surface area contributed by atoms with E-state index in [-0.39, 0.29) is 17.5 Å². The fraction of sp³-hybridized carbons (Fsp3) is 0.333. The number of benzene rings is 1. The number of aromatic nitrogens is 3. The number of hydrogen-bond acceptors (Lipinski definition) is 7. The van der Waals surface area contributed by atoms with Crippen LogP contribution in [-0.2, 0) is 4.79 Å². The minimum atomic E-state index is -4.52. The number of hydrogen-bond donors (Lipinski definition) is 3. The number of urea groups is 1. The SMILES string of the molecule is CC(N=CC(=CN)c1cnn2c(-c3cccc(NC(=O)NCC(F)(F)F)c3)cnc2c1)C(=O)N1CCC(C#N)CC1. The second-order valence-electron chi connectivity index (χ2n) is 9.47. The fourth-order valence-corrected chi connectivity index (χ4v) is 4.31. The van der Waals surface area contributed by atoms with Gasteiger partial charge in [-0.3, -0.25) is 9.79 Å². The van der Waals surface area contributed by atoms with Crippen LogP contribution in [0, 0.1) is 17.2 Å². The molecule has 1 aliphatic heterocycles. The largest absolute Gasteiger partial charge is 0.405 e. The molecule has 3 amide bonds. The van der Waals surface area contributed by atoms with Crippen molar-refractivity contribution < 1.29 is 22.8 Å². The zero-order chi connectivity index (χ0) is 29.6. The summed E-state index contributed by atoms with van der Waals surface area (Å²) in [6, 6.07) is 8.90.